The van der Waals surface area contributed by atoms with Crippen molar-refractivity contribution in [1.29, 1.82) is 0 Å². The number of nitrogens with zero attached hydrogens (tertiary/aromatic N) is 3. The van der Waals surface area contributed by atoms with Crippen LogP contribution in [0.25, 0.3) is 4.96 Å². The molecule has 2 fully saturated rings. The third-order valence-electron chi connectivity index (χ3n) is 4.42. The second kappa shape index (κ2) is 3.82. The second-order valence-corrected chi connectivity index (χ2v) is 6.22. The number of aldehydes is 1. The average Bonchev–Trinajstić information content (AvgIpc) is 3.06. The van der Waals surface area contributed by atoms with Gasteiger partial charge in [0, 0.05) is 24.7 Å². The Morgan fingerprint density at radius 1 is 1.33 bits per heavy atom. The van der Waals surface area contributed by atoms with Gasteiger partial charge in [0.25, 0.3) is 0 Å². The maximum Gasteiger partial charge on any atom is 0.196 e. The zero-order chi connectivity index (χ0) is 12.1. The molecule has 2 atom stereocenters. The predicted octanol–water partition coefficient (Wildman–Crippen LogP) is 2.44. The molecule has 0 radical (unpaired) electrons. The van der Waals surface area contributed by atoms with Crippen LogP contribution in [0.3, 0.4) is 0 Å². The van der Waals surface area contributed by atoms with Gasteiger partial charge in [-0.25, -0.2) is 4.98 Å². The second-order valence-electron chi connectivity index (χ2n) is 5.35. The van der Waals surface area contributed by atoms with Crippen LogP contribution in [-0.2, 0) is 0 Å². The summed E-state index contributed by atoms with van der Waals surface area (Å²) in [5.41, 5.74) is 0.714. The third kappa shape index (κ3) is 1.37. The van der Waals surface area contributed by atoms with Gasteiger partial charge in [-0.1, -0.05) is 6.42 Å². The van der Waals surface area contributed by atoms with Crippen LogP contribution in [0.5, 0.6) is 0 Å². The first-order chi connectivity index (χ1) is 8.86. The average molecular weight is 261 g/mol. The van der Waals surface area contributed by atoms with Gasteiger partial charge in [-0.3, -0.25) is 9.20 Å². The highest BCUT2D eigenvalue weighted by Gasteiger charge is 2.37. The largest absolute Gasteiger partial charge is 0.354 e. The molecule has 2 aromatic heterocycles. The van der Waals surface area contributed by atoms with E-state index in [2.05, 4.69) is 9.88 Å². The van der Waals surface area contributed by atoms with E-state index in [1.807, 2.05) is 16.0 Å². The fourth-order valence-electron chi connectivity index (χ4n) is 3.54. The molecular weight excluding hydrogens is 246 g/mol. The number of thiazole rings is 1. The Bertz CT molecular complexity index is 590. The van der Waals surface area contributed by atoms with E-state index in [0.717, 1.165) is 42.0 Å². The summed E-state index contributed by atoms with van der Waals surface area (Å²) in [6.07, 6.45) is 6.94. The maximum atomic E-state index is 11.3. The van der Waals surface area contributed by atoms with E-state index in [1.165, 1.54) is 19.3 Å². The summed E-state index contributed by atoms with van der Waals surface area (Å²) >= 11 is 1.58. The van der Waals surface area contributed by atoms with E-state index in [1.54, 1.807) is 11.3 Å². The van der Waals surface area contributed by atoms with E-state index in [4.69, 9.17) is 0 Å². The lowest BCUT2D eigenvalue weighted by atomic mass is 10.0. The van der Waals surface area contributed by atoms with Crippen molar-refractivity contribution in [2.75, 3.05) is 18.0 Å². The molecule has 18 heavy (non-hydrogen) atoms. The predicted molar refractivity (Wildman–Crippen MR) is 71.5 cm³/mol. The highest BCUT2D eigenvalue weighted by Crippen LogP contribution is 2.40. The molecule has 0 spiro atoms. The van der Waals surface area contributed by atoms with E-state index >= 15 is 0 Å². The van der Waals surface area contributed by atoms with Gasteiger partial charge >= 0.3 is 0 Å². The first-order valence-electron chi connectivity index (χ1n) is 6.52. The van der Waals surface area contributed by atoms with Crippen LogP contribution in [0, 0.1) is 11.8 Å². The van der Waals surface area contributed by atoms with Crippen molar-refractivity contribution in [2.24, 2.45) is 11.8 Å². The van der Waals surface area contributed by atoms with Gasteiger partial charge in [-0.05, 0) is 24.7 Å². The summed E-state index contributed by atoms with van der Waals surface area (Å²) in [5, 5.41) is 1.97. The standard InChI is InChI=1S/C13H15N3OS/c17-8-11-12(14-13-16(11)4-5-18-13)15-6-9-2-1-3-10(9)7-15/h4-5,8-10H,1-3,6-7H2. The third-order valence-corrected chi connectivity index (χ3v) is 5.17. The fraction of sp³-hybridized carbons (Fsp3) is 0.538. The first-order valence-corrected chi connectivity index (χ1v) is 7.40. The molecule has 5 heteroatoms. The number of rotatable bonds is 2. The molecule has 0 bridgehead atoms. The molecular formula is C13H15N3OS. The molecule has 1 saturated heterocycles. The lowest BCUT2D eigenvalue weighted by Crippen LogP contribution is -2.22. The van der Waals surface area contributed by atoms with E-state index < -0.39 is 0 Å². The van der Waals surface area contributed by atoms with E-state index in [0.29, 0.717) is 5.69 Å². The Labute approximate surface area is 109 Å². The van der Waals surface area contributed by atoms with Crippen LogP contribution in [0.15, 0.2) is 11.6 Å². The molecule has 1 aliphatic heterocycles. The Hall–Kier alpha value is -1.36. The quantitative estimate of drug-likeness (QED) is 0.779. The monoisotopic (exact) mass is 261 g/mol. The van der Waals surface area contributed by atoms with Crippen LogP contribution >= 0.6 is 11.3 Å². The molecule has 1 saturated carbocycles. The lowest BCUT2D eigenvalue weighted by molar-refractivity contribution is 0.111. The van der Waals surface area contributed by atoms with Crippen molar-refractivity contribution in [3.8, 4) is 0 Å². The minimum atomic E-state index is 0.714. The molecule has 4 nitrogen and oxygen atoms in total. The van der Waals surface area contributed by atoms with Crippen LogP contribution in [-0.4, -0.2) is 28.8 Å². The summed E-state index contributed by atoms with van der Waals surface area (Å²) in [6, 6.07) is 0. The Balaban J connectivity index is 1.74. The minimum absolute atomic E-state index is 0.714. The molecule has 4 rings (SSSR count). The van der Waals surface area contributed by atoms with Crippen molar-refractivity contribution in [1.82, 2.24) is 9.38 Å². The molecule has 2 aromatic rings. The number of imidazole rings is 1. The Kier molecular flexibility index (Phi) is 2.24. The number of hydrogen-bond donors (Lipinski definition) is 0. The SMILES string of the molecule is O=Cc1c(N2CC3CCCC3C2)nc2sccn12. The summed E-state index contributed by atoms with van der Waals surface area (Å²) in [7, 11) is 0. The molecule has 2 unspecified atom stereocenters. The zero-order valence-corrected chi connectivity index (χ0v) is 10.9. The van der Waals surface area contributed by atoms with Gasteiger partial charge in [-0.15, -0.1) is 11.3 Å². The maximum absolute atomic E-state index is 11.3. The topological polar surface area (TPSA) is 37.6 Å². The highest BCUT2D eigenvalue weighted by molar-refractivity contribution is 7.15. The number of carbonyl (C=O) groups is 1. The first kappa shape index (κ1) is 10.6. The van der Waals surface area contributed by atoms with Crippen molar-refractivity contribution in [3.63, 3.8) is 0 Å². The number of anilines is 1. The molecule has 2 aliphatic rings. The van der Waals surface area contributed by atoms with Crippen molar-refractivity contribution in [2.45, 2.75) is 19.3 Å². The molecule has 1 aliphatic carbocycles. The van der Waals surface area contributed by atoms with Gasteiger partial charge in [0.2, 0.25) is 0 Å². The molecule has 0 N–H and O–H groups in total. The molecule has 0 aromatic carbocycles. The normalized spacial score (nSPS) is 27.0. The summed E-state index contributed by atoms with van der Waals surface area (Å²) in [5.74, 6) is 2.54. The fourth-order valence-corrected chi connectivity index (χ4v) is 4.26. The van der Waals surface area contributed by atoms with Crippen molar-refractivity contribution in [3.05, 3.63) is 17.3 Å². The number of aromatic nitrogens is 2. The van der Waals surface area contributed by atoms with Gasteiger partial charge in [0.05, 0.1) is 0 Å². The van der Waals surface area contributed by atoms with Crippen LogP contribution in [0.2, 0.25) is 0 Å². The van der Waals surface area contributed by atoms with E-state index in [-0.39, 0.29) is 0 Å². The van der Waals surface area contributed by atoms with E-state index in [9.17, 15) is 4.79 Å². The van der Waals surface area contributed by atoms with Crippen molar-refractivity contribution < 1.29 is 4.79 Å². The summed E-state index contributed by atoms with van der Waals surface area (Å²) in [6.45, 7) is 2.16. The lowest BCUT2D eigenvalue weighted by Gasteiger charge is -2.16. The number of hydrogen-bond acceptors (Lipinski definition) is 4. The van der Waals surface area contributed by atoms with Crippen LogP contribution < -0.4 is 4.90 Å². The Morgan fingerprint density at radius 3 is 2.83 bits per heavy atom. The van der Waals surface area contributed by atoms with Crippen molar-refractivity contribution >= 4 is 28.4 Å². The summed E-state index contributed by atoms with van der Waals surface area (Å²) in [4.78, 5) is 19.2. The minimum Gasteiger partial charge on any atom is -0.354 e. The molecule has 3 heterocycles. The molecule has 94 valence electrons. The van der Waals surface area contributed by atoms with Crippen LogP contribution in [0.4, 0.5) is 5.82 Å². The van der Waals surface area contributed by atoms with Gasteiger partial charge < -0.3 is 4.90 Å². The van der Waals surface area contributed by atoms with Gasteiger partial charge in [0.1, 0.15) is 5.69 Å². The highest BCUT2D eigenvalue weighted by atomic mass is 32.1. The van der Waals surface area contributed by atoms with Crippen LogP contribution in [0.1, 0.15) is 29.8 Å². The number of fused-ring (bicyclic) bond motifs is 2. The number of carbonyl (C=O) groups excluding carboxylic acids is 1. The van der Waals surface area contributed by atoms with Gasteiger partial charge in [0.15, 0.2) is 17.1 Å². The summed E-state index contributed by atoms with van der Waals surface area (Å²) < 4.78 is 1.90. The Morgan fingerprint density at radius 2 is 2.11 bits per heavy atom. The van der Waals surface area contributed by atoms with Gasteiger partial charge in [-0.2, -0.15) is 0 Å². The molecule has 0 amide bonds. The zero-order valence-electron chi connectivity index (χ0n) is 10.1. The smallest absolute Gasteiger partial charge is 0.196 e.